The Morgan fingerprint density at radius 1 is 0.774 bits per heavy atom. The maximum Gasteiger partial charge on any atom is 0.312 e. The summed E-state index contributed by atoms with van der Waals surface area (Å²) in [5.74, 6) is -3.41. The fourth-order valence-corrected chi connectivity index (χ4v) is 3.74. The standard InChI is InChI=1S/C24H18O7/c25-15-5-1-13(2-6-15)21(14-3-7-16(26)8-4-14)22(24(29)30)19-12-31-20-11-17(27)9-10-18(20)23(19)28/h1-12,21-22,25-27H,(H,29,30). The Hall–Kier alpha value is -4.26. The zero-order valence-electron chi connectivity index (χ0n) is 16.1. The lowest BCUT2D eigenvalue weighted by atomic mass is 9.77. The molecular weight excluding hydrogens is 400 g/mol. The van der Waals surface area contributed by atoms with E-state index in [1.807, 2.05) is 0 Å². The third-order valence-electron chi connectivity index (χ3n) is 5.22. The van der Waals surface area contributed by atoms with Crippen molar-refractivity contribution in [3.05, 3.63) is 99.9 Å². The highest BCUT2D eigenvalue weighted by atomic mass is 16.4. The third kappa shape index (κ3) is 3.81. The van der Waals surface area contributed by atoms with Gasteiger partial charge in [0.05, 0.1) is 23.1 Å². The molecule has 0 aliphatic heterocycles. The molecule has 0 saturated heterocycles. The molecule has 0 amide bonds. The number of phenolic OH excluding ortho intramolecular Hbond substituents is 3. The highest BCUT2D eigenvalue weighted by Gasteiger charge is 2.35. The Morgan fingerprint density at radius 3 is 1.81 bits per heavy atom. The van der Waals surface area contributed by atoms with Gasteiger partial charge in [0, 0.05) is 12.0 Å². The van der Waals surface area contributed by atoms with E-state index in [2.05, 4.69) is 0 Å². The molecule has 0 spiro atoms. The fourth-order valence-electron chi connectivity index (χ4n) is 3.74. The number of benzene rings is 3. The Bertz CT molecular complexity index is 1260. The molecule has 3 aromatic carbocycles. The van der Waals surface area contributed by atoms with Crippen LogP contribution >= 0.6 is 0 Å². The van der Waals surface area contributed by atoms with Crippen LogP contribution in [0.15, 0.2) is 82.2 Å². The predicted octanol–water partition coefficient (Wildman–Crippen LogP) is 3.91. The number of fused-ring (bicyclic) bond motifs is 1. The van der Waals surface area contributed by atoms with Gasteiger partial charge >= 0.3 is 5.97 Å². The van der Waals surface area contributed by atoms with Crippen molar-refractivity contribution in [3.63, 3.8) is 0 Å². The Kier molecular flexibility index (Phi) is 5.09. The second-order valence-electron chi connectivity index (χ2n) is 7.18. The van der Waals surface area contributed by atoms with Gasteiger partial charge in [-0.05, 0) is 47.5 Å². The maximum atomic E-state index is 13.2. The van der Waals surface area contributed by atoms with Crippen LogP contribution in [-0.4, -0.2) is 26.4 Å². The first-order valence-corrected chi connectivity index (χ1v) is 9.40. The Morgan fingerprint density at radius 2 is 1.29 bits per heavy atom. The van der Waals surface area contributed by atoms with E-state index in [9.17, 15) is 30.0 Å². The highest BCUT2D eigenvalue weighted by Crippen LogP contribution is 2.39. The van der Waals surface area contributed by atoms with E-state index < -0.39 is 23.2 Å². The summed E-state index contributed by atoms with van der Waals surface area (Å²) < 4.78 is 5.49. The summed E-state index contributed by atoms with van der Waals surface area (Å²) in [6.45, 7) is 0. The fraction of sp³-hybridized carbons (Fsp3) is 0.0833. The molecule has 156 valence electrons. The van der Waals surface area contributed by atoms with E-state index in [4.69, 9.17) is 4.42 Å². The zero-order valence-corrected chi connectivity index (χ0v) is 16.1. The molecule has 0 bridgehead atoms. The van der Waals surface area contributed by atoms with Crippen LogP contribution in [0.2, 0.25) is 0 Å². The average Bonchev–Trinajstić information content (AvgIpc) is 2.74. The van der Waals surface area contributed by atoms with Gasteiger partial charge in [0.2, 0.25) is 0 Å². The number of phenols is 3. The van der Waals surface area contributed by atoms with Crippen molar-refractivity contribution in [1.82, 2.24) is 0 Å². The summed E-state index contributed by atoms with van der Waals surface area (Å²) in [7, 11) is 0. The number of hydrogen-bond acceptors (Lipinski definition) is 6. The van der Waals surface area contributed by atoms with Gasteiger partial charge in [-0.15, -0.1) is 0 Å². The molecule has 7 nitrogen and oxygen atoms in total. The number of aliphatic carboxylic acids is 1. The third-order valence-corrected chi connectivity index (χ3v) is 5.22. The van der Waals surface area contributed by atoms with E-state index in [1.54, 1.807) is 24.3 Å². The first-order valence-electron chi connectivity index (χ1n) is 9.40. The topological polar surface area (TPSA) is 128 Å². The molecule has 1 unspecified atom stereocenters. The van der Waals surface area contributed by atoms with Crippen molar-refractivity contribution in [3.8, 4) is 17.2 Å². The van der Waals surface area contributed by atoms with E-state index in [0.717, 1.165) is 6.26 Å². The summed E-state index contributed by atoms with van der Waals surface area (Å²) in [4.78, 5) is 25.6. The molecule has 1 atom stereocenters. The van der Waals surface area contributed by atoms with Crippen molar-refractivity contribution in [2.75, 3.05) is 0 Å². The summed E-state index contributed by atoms with van der Waals surface area (Å²) in [6, 6.07) is 16.1. The van der Waals surface area contributed by atoms with Gasteiger partial charge in [0.15, 0.2) is 5.43 Å². The van der Waals surface area contributed by atoms with E-state index in [1.165, 1.54) is 42.5 Å². The molecule has 31 heavy (non-hydrogen) atoms. The second-order valence-corrected chi connectivity index (χ2v) is 7.18. The van der Waals surface area contributed by atoms with Gasteiger partial charge in [0.25, 0.3) is 0 Å². The van der Waals surface area contributed by atoms with Crippen LogP contribution in [0.3, 0.4) is 0 Å². The van der Waals surface area contributed by atoms with Crippen molar-refractivity contribution in [2.45, 2.75) is 11.8 Å². The Balaban J connectivity index is 1.95. The molecule has 0 saturated carbocycles. The number of hydrogen-bond donors (Lipinski definition) is 4. The second kappa shape index (κ2) is 7.87. The van der Waals surface area contributed by atoms with Gasteiger partial charge in [-0.25, -0.2) is 0 Å². The Labute approximate surface area is 176 Å². The maximum absolute atomic E-state index is 13.2. The van der Waals surface area contributed by atoms with E-state index in [-0.39, 0.29) is 33.8 Å². The van der Waals surface area contributed by atoms with Crippen LogP contribution in [0.4, 0.5) is 0 Å². The van der Waals surface area contributed by atoms with Crippen LogP contribution in [0.1, 0.15) is 28.5 Å². The van der Waals surface area contributed by atoms with Crippen molar-refractivity contribution < 1.29 is 29.6 Å². The number of carbonyl (C=O) groups is 1. The minimum atomic E-state index is -1.32. The lowest BCUT2D eigenvalue weighted by Gasteiger charge is -2.25. The number of aromatic hydroxyl groups is 3. The van der Waals surface area contributed by atoms with Crippen LogP contribution < -0.4 is 5.43 Å². The number of rotatable bonds is 5. The van der Waals surface area contributed by atoms with Gasteiger partial charge in [-0.1, -0.05) is 24.3 Å². The molecule has 0 aliphatic carbocycles. The molecule has 4 rings (SSSR count). The zero-order chi connectivity index (χ0) is 22.1. The van der Waals surface area contributed by atoms with Gasteiger partial charge in [-0.2, -0.15) is 0 Å². The molecule has 7 heteroatoms. The normalized spacial score (nSPS) is 12.2. The van der Waals surface area contributed by atoms with Crippen LogP contribution in [0.5, 0.6) is 17.2 Å². The lowest BCUT2D eigenvalue weighted by molar-refractivity contribution is -0.139. The first-order chi connectivity index (χ1) is 14.8. The molecule has 4 N–H and O–H groups in total. The monoisotopic (exact) mass is 418 g/mol. The summed E-state index contributed by atoms with van der Waals surface area (Å²) in [6.07, 6.45) is 1.11. The van der Waals surface area contributed by atoms with Crippen molar-refractivity contribution in [1.29, 1.82) is 0 Å². The molecule has 0 radical (unpaired) electrons. The van der Waals surface area contributed by atoms with Crippen LogP contribution in [-0.2, 0) is 4.79 Å². The largest absolute Gasteiger partial charge is 0.508 e. The van der Waals surface area contributed by atoms with Crippen molar-refractivity contribution >= 4 is 16.9 Å². The van der Waals surface area contributed by atoms with Crippen LogP contribution in [0, 0.1) is 0 Å². The summed E-state index contributed by atoms with van der Waals surface area (Å²) >= 11 is 0. The average molecular weight is 418 g/mol. The minimum absolute atomic E-state index is 0.0186. The lowest BCUT2D eigenvalue weighted by Crippen LogP contribution is -2.26. The van der Waals surface area contributed by atoms with Gasteiger partial charge < -0.3 is 24.8 Å². The first kappa shape index (κ1) is 20.0. The molecule has 1 aromatic heterocycles. The number of carboxylic acids is 1. The highest BCUT2D eigenvalue weighted by molar-refractivity contribution is 5.83. The molecular formula is C24H18O7. The predicted molar refractivity (Wildman–Crippen MR) is 113 cm³/mol. The van der Waals surface area contributed by atoms with Crippen molar-refractivity contribution in [2.24, 2.45) is 0 Å². The van der Waals surface area contributed by atoms with Gasteiger partial charge in [0.1, 0.15) is 22.8 Å². The SMILES string of the molecule is O=C(O)C(c1coc2cc(O)ccc2c1=O)C(c1ccc(O)cc1)c1ccc(O)cc1. The molecule has 4 aromatic rings. The molecule has 0 fully saturated rings. The number of carboxylic acid groups (broad SMARTS) is 1. The quantitative estimate of drug-likeness (QED) is 0.387. The smallest absolute Gasteiger partial charge is 0.312 e. The summed E-state index contributed by atoms with van der Waals surface area (Å²) in [5, 5.41) is 39.2. The molecule has 0 aliphatic rings. The minimum Gasteiger partial charge on any atom is -0.508 e. The summed E-state index contributed by atoms with van der Waals surface area (Å²) in [5.41, 5.74) is 0.680. The van der Waals surface area contributed by atoms with E-state index >= 15 is 0 Å². The van der Waals surface area contributed by atoms with Gasteiger partial charge in [-0.3, -0.25) is 9.59 Å². The molecule has 1 heterocycles. The van der Waals surface area contributed by atoms with E-state index in [0.29, 0.717) is 11.1 Å². The van der Waals surface area contributed by atoms with Crippen LogP contribution in [0.25, 0.3) is 11.0 Å².